The van der Waals surface area contributed by atoms with Gasteiger partial charge < -0.3 is 15.6 Å². The molecule has 2 aromatic rings. The molecule has 0 saturated heterocycles. The van der Waals surface area contributed by atoms with Crippen molar-refractivity contribution in [2.24, 2.45) is 11.7 Å². The Balaban J connectivity index is 1.96. The minimum absolute atomic E-state index is 0.607. The Labute approximate surface area is 109 Å². The summed E-state index contributed by atoms with van der Waals surface area (Å²) in [6, 6.07) is 8.46. The van der Waals surface area contributed by atoms with Gasteiger partial charge in [0.05, 0.1) is 0 Å². The predicted molar refractivity (Wildman–Crippen MR) is 77.5 cm³/mol. The molecule has 2 rings (SSSR count). The number of hydrogen-bond acceptors (Lipinski definition) is 2. The first-order valence-electron chi connectivity index (χ1n) is 6.64. The molecule has 0 aliphatic rings. The van der Waals surface area contributed by atoms with Crippen molar-refractivity contribution >= 4 is 10.9 Å². The lowest BCUT2D eigenvalue weighted by Gasteiger charge is -2.18. The molecule has 0 spiro atoms. The van der Waals surface area contributed by atoms with Crippen molar-refractivity contribution in [3.8, 4) is 0 Å². The molecule has 18 heavy (non-hydrogen) atoms. The van der Waals surface area contributed by atoms with E-state index in [4.69, 9.17) is 5.73 Å². The zero-order chi connectivity index (χ0) is 13.0. The molecule has 1 aromatic heterocycles. The molecule has 1 atom stereocenters. The molecule has 0 amide bonds. The van der Waals surface area contributed by atoms with Gasteiger partial charge in [-0.05, 0) is 44.1 Å². The zero-order valence-electron chi connectivity index (χ0n) is 11.3. The summed E-state index contributed by atoms with van der Waals surface area (Å²) in [5.74, 6) is 0.607. The summed E-state index contributed by atoms with van der Waals surface area (Å²) in [7, 11) is 2.17. The van der Waals surface area contributed by atoms with Crippen molar-refractivity contribution in [1.29, 1.82) is 0 Å². The van der Waals surface area contributed by atoms with Crippen LogP contribution in [0.15, 0.2) is 30.5 Å². The van der Waals surface area contributed by atoms with Crippen molar-refractivity contribution in [3.05, 3.63) is 36.0 Å². The van der Waals surface area contributed by atoms with E-state index in [0.29, 0.717) is 5.92 Å². The quantitative estimate of drug-likeness (QED) is 0.821. The fraction of sp³-hybridized carbons (Fsp3) is 0.467. The SMILES string of the molecule is CC(CN)CCN(C)Cc1c[nH]c2ccccc12. The molecular weight excluding hydrogens is 222 g/mol. The van der Waals surface area contributed by atoms with Gasteiger partial charge in [0.15, 0.2) is 0 Å². The maximum atomic E-state index is 5.65. The van der Waals surface area contributed by atoms with Gasteiger partial charge in [-0.15, -0.1) is 0 Å². The smallest absolute Gasteiger partial charge is 0.0457 e. The van der Waals surface area contributed by atoms with Crippen molar-refractivity contribution in [2.75, 3.05) is 20.1 Å². The summed E-state index contributed by atoms with van der Waals surface area (Å²) >= 11 is 0. The number of H-pyrrole nitrogens is 1. The van der Waals surface area contributed by atoms with Gasteiger partial charge in [0.2, 0.25) is 0 Å². The molecular formula is C15H23N3. The Kier molecular flexibility index (Phi) is 4.39. The number of aromatic nitrogens is 1. The van der Waals surface area contributed by atoms with Gasteiger partial charge in [0.25, 0.3) is 0 Å². The number of nitrogens with zero attached hydrogens (tertiary/aromatic N) is 1. The van der Waals surface area contributed by atoms with E-state index in [2.05, 4.69) is 54.3 Å². The summed E-state index contributed by atoms with van der Waals surface area (Å²) in [4.78, 5) is 5.69. The van der Waals surface area contributed by atoms with Crippen LogP contribution in [0, 0.1) is 5.92 Å². The first-order valence-corrected chi connectivity index (χ1v) is 6.64. The summed E-state index contributed by atoms with van der Waals surface area (Å²) in [6.45, 7) is 5.07. The van der Waals surface area contributed by atoms with Crippen LogP contribution >= 0.6 is 0 Å². The molecule has 3 nitrogen and oxygen atoms in total. The number of nitrogens with one attached hydrogen (secondary N) is 1. The van der Waals surface area contributed by atoms with E-state index in [1.54, 1.807) is 0 Å². The molecule has 3 heteroatoms. The Morgan fingerprint density at radius 2 is 2.11 bits per heavy atom. The van der Waals surface area contributed by atoms with Crippen LogP contribution in [-0.4, -0.2) is 30.0 Å². The van der Waals surface area contributed by atoms with E-state index in [0.717, 1.165) is 26.1 Å². The predicted octanol–water partition coefficient (Wildman–Crippen LogP) is 2.58. The van der Waals surface area contributed by atoms with Crippen molar-refractivity contribution in [2.45, 2.75) is 19.9 Å². The van der Waals surface area contributed by atoms with Crippen LogP contribution in [0.25, 0.3) is 10.9 Å². The molecule has 0 radical (unpaired) electrons. The highest BCUT2D eigenvalue weighted by Crippen LogP contribution is 2.19. The van der Waals surface area contributed by atoms with Crippen LogP contribution in [0.1, 0.15) is 18.9 Å². The average molecular weight is 245 g/mol. The highest BCUT2D eigenvalue weighted by Gasteiger charge is 2.07. The molecule has 3 N–H and O–H groups in total. The number of fused-ring (bicyclic) bond motifs is 1. The molecule has 1 heterocycles. The van der Waals surface area contributed by atoms with E-state index in [1.165, 1.54) is 16.5 Å². The summed E-state index contributed by atoms with van der Waals surface area (Å²) < 4.78 is 0. The second-order valence-electron chi connectivity index (χ2n) is 5.23. The fourth-order valence-corrected chi connectivity index (χ4v) is 2.19. The van der Waals surface area contributed by atoms with E-state index in [9.17, 15) is 0 Å². The van der Waals surface area contributed by atoms with Crippen LogP contribution in [0.4, 0.5) is 0 Å². The number of aromatic amines is 1. The van der Waals surface area contributed by atoms with Crippen LogP contribution in [0.2, 0.25) is 0 Å². The first kappa shape index (κ1) is 13.1. The van der Waals surface area contributed by atoms with E-state index >= 15 is 0 Å². The Morgan fingerprint density at radius 1 is 1.33 bits per heavy atom. The van der Waals surface area contributed by atoms with Gasteiger partial charge in [-0.2, -0.15) is 0 Å². The van der Waals surface area contributed by atoms with Gasteiger partial charge >= 0.3 is 0 Å². The van der Waals surface area contributed by atoms with E-state index in [1.807, 2.05) is 0 Å². The maximum absolute atomic E-state index is 5.65. The minimum atomic E-state index is 0.607. The van der Waals surface area contributed by atoms with E-state index in [-0.39, 0.29) is 0 Å². The maximum Gasteiger partial charge on any atom is 0.0457 e. The summed E-state index contributed by atoms with van der Waals surface area (Å²) in [6.07, 6.45) is 3.28. The highest BCUT2D eigenvalue weighted by atomic mass is 15.1. The largest absolute Gasteiger partial charge is 0.361 e. The van der Waals surface area contributed by atoms with Gasteiger partial charge in [0, 0.05) is 23.6 Å². The monoisotopic (exact) mass is 245 g/mol. The van der Waals surface area contributed by atoms with Gasteiger partial charge in [0.1, 0.15) is 0 Å². The Morgan fingerprint density at radius 3 is 2.89 bits per heavy atom. The fourth-order valence-electron chi connectivity index (χ4n) is 2.19. The third kappa shape index (κ3) is 3.12. The lowest BCUT2D eigenvalue weighted by molar-refractivity contribution is 0.301. The number of nitrogens with two attached hydrogens (primary N) is 1. The average Bonchev–Trinajstić information content (AvgIpc) is 2.79. The molecule has 0 aliphatic heterocycles. The third-order valence-electron chi connectivity index (χ3n) is 3.52. The molecule has 1 aromatic carbocycles. The molecule has 0 aliphatic carbocycles. The standard InChI is InChI=1S/C15H23N3/c1-12(9-16)7-8-18(2)11-13-10-17-15-6-4-3-5-14(13)15/h3-6,10,12,17H,7-9,11,16H2,1-2H3. The van der Waals surface area contributed by atoms with E-state index < -0.39 is 0 Å². The number of benzene rings is 1. The summed E-state index contributed by atoms with van der Waals surface area (Å²) in [5.41, 5.74) is 8.23. The highest BCUT2D eigenvalue weighted by molar-refractivity contribution is 5.82. The van der Waals surface area contributed by atoms with Gasteiger partial charge in [-0.3, -0.25) is 0 Å². The normalized spacial score (nSPS) is 13.3. The molecule has 0 fully saturated rings. The van der Waals surface area contributed by atoms with Crippen LogP contribution in [0.3, 0.4) is 0 Å². The number of rotatable bonds is 6. The van der Waals surface area contributed by atoms with Crippen LogP contribution < -0.4 is 5.73 Å². The Hall–Kier alpha value is -1.32. The molecule has 98 valence electrons. The van der Waals surface area contributed by atoms with Crippen molar-refractivity contribution in [3.63, 3.8) is 0 Å². The first-order chi connectivity index (χ1) is 8.70. The summed E-state index contributed by atoms with van der Waals surface area (Å²) in [5, 5.41) is 1.33. The van der Waals surface area contributed by atoms with Crippen molar-refractivity contribution < 1.29 is 0 Å². The Bertz CT molecular complexity index is 489. The minimum Gasteiger partial charge on any atom is -0.361 e. The zero-order valence-corrected chi connectivity index (χ0v) is 11.3. The van der Waals surface area contributed by atoms with Crippen LogP contribution in [0.5, 0.6) is 0 Å². The second kappa shape index (κ2) is 6.03. The molecule has 1 unspecified atom stereocenters. The number of hydrogen-bond donors (Lipinski definition) is 2. The van der Waals surface area contributed by atoms with Gasteiger partial charge in [-0.1, -0.05) is 25.1 Å². The van der Waals surface area contributed by atoms with Crippen molar-refractivity contribution in [1.82, 2.24) is 9.88 Å². The molecule has 0 bridgehead atoms. The molecule has 0 saturated carbocycles. The third-order valence-corrected chi connectivity index (χ3v) is 3.52. The number of para-hydroxylation sites is 1. The second-order valence-corrected chi connectivity index (χ2v) is 5.23. The van der Waals surface area contributed by atoms with Gasteiger partial charge in [-0.25, -0.2) is 0 Å². The topological polar surface area (TPSA) is 45.0 Å². The van der Waals surface area contributed by atoms with Crippen LogP contribution in [-0.2, 0) is 6.54 Å². The lowest BCUT2D eigenvalue weighted by Crippen LogP contribution is -2.23. The lowest BCUT2D eigenvalue weighted by atomic mass is 10.1.